The van der Waals surface area contributed by atoms with Crippen LogP contribution < -0.4 is 10.3 Å². The minimum absolute atomic E-state index is 0.158. The second kappa shape index (κ2) is 8.16. The van der Waals surface area contributed by atoms with Crippen molar-refractivity contribution < 1.29 is 9.84 Å². The Balaban J connectivity index is 1.61. The van der Waals surface area contributed by atoms with Gasteiger partial charge in [0.25, 0.3) is 5.56 Å². The van der Waals surface area contributed by atoms with E-state index in [1.807, 2.05) is 12.1 Å². The van der Waals surface area contributed by atoms with Crippen LogP contribution in [-0.4, -0.2) is 26.4 Å². The Morgan fingerprint density at radius 2 is 1.67 bits per heavy atom. The summed E-state index contributed by atoms with van der Waals surface area (Å²) in [6, 6.07) is 17.2. The highest BCUT2D eigenvalue weighted by Gasteiger charge is 2.13. The first-order valence-electron chi connectivity index (χ1n) is 9.97. The molecule has 1 atom stereocenters. The number of aliphatic hydroxyl groups is 1. The van der Waals surface area contributed by atoms with Crippen molar-refractivity contribution in [2.24, 2.45) is 0 Å². The molecule has 2 aromatic heterocycles. The third-order valence-electron chi connectivity index (χ3n) is 5.35. The summed E-state index contributed by atoms with van der Waals surface area (Å²) in [6.45, 7) is 4.47. The predicted molar refractivity (Wildman–Crippen MR) is 117 cm³/mol. The van der Waals surface area contributed by atoms with E-state index >= 15 is 0 Å². The molecule has 0 aliphatic heterocycles. The number of methoxy groups -OCH3 is 1. The molecule has 0 radical (unpaired) electrons. The van der Waals surface area contributed by atoms with Crippen molar-refractivity contribution in [1.29, 1.82) is 0 Å². The van der Waals surface area contributed by atoms with Crippen LogP contribution in [0.3, 0.4) is 0 Å². The van der Waals surface area contributed by atoms with Crippen LogP contribution in [0, 0.1) is 0 Å². The van der Waals surface area contributed by atoms with E-state index in [1.165, 1.54) is 10.1 Å². The Bertz CT molecular complexity index is 1210. The van der Waals surface area contributed by atoms with Gasteiger partial charge in [-0.2, -0.15) is 5.10 Å². The average molecular weight is 403 g/mol. The highest BCUT2D eigenvalue weighted by Crippen LogP contribution is 2.23. The summed E-state index contributed by atoms with van der Waals surface area (Å²) in [5.74, 6) is 1.18. The van der Waals surface area contributed by atoms with Crippen LogP contribution in [-0.2, 0) is 6.54 Å². The third-order valence-corrected chi connectivity index (χ3v) is 5.35. The first kappa shape index (κ1) is 19.9. The summed E-state index contributed by atoms with van der Waals surface area (Å²) in [5, 5.41) is 15.1. The number of ether oxygens (including phenoxy) is 1. The fraction of sp³-hybridized carbons (Fsp3) is 0.250. The Hall–Kier alpha value is -3.38. The molecular weight excluding hydrogens is 378 g/mol. The lowest BCUT2D eigenvalue weighted by atomic mass is 10.0. The number of rotatable bonds is 6. The van der Waals surface area contributed by atoms with Crippen LogP contribution in [0.4, 0.5) is 0 Å². The normalized spacial score (nSPS) is 12.4. The number of aliphatic hydroxyl groups excluding tert-OH is 1. The Morgan fingerprint density at radius 1 is 1.00 bits per heavy atom. The molecule has 0 fully saturated rings. The molecule has 0 amide bonds. The quantitative estimate of drug-likeness (QED) is 0.528. The number of fused-ring (bicyclic) bond motifs is 1. The summed E-state index contributed by atoms with van der Waals surface area (Å²) in [6.07, 6.45) is 2.59. The van der Waals surface area contributed by atoms with Gasteiger partial charge in [-0.25, -0.2) is 4.52 Å². The molecule has 2 heterocycles. The lowest BCUT2D eigenvalue weighted by Gasteiger charge is -2.13. The van der Waals surface area contributed by atoms with Crippen LogP contribution in [0.25, 0.3) is 16.8 Å². The average Bonchev–Trinajstić information content (AvgIpc) is 3.21. The van der Waals surface area contributed by atoms with Gasteiger partial charge in [-0.3, -0.25) is 4.79 Å². The molecule has 0 aliphatic carbocycles. The zero-order valence-corrected chi connectivity index (χ0v) is 17.3. The first-order chi connectivity index (χ1) is 14.5. The highest BCUT2D eigenvalue weighted by atomic mass is 16.5. The molecule has 154 valence electrons. The highest BCUT2D eigenvalue weighted by molar-refractivity contribution is 5.65. The lowest BCUT2D eigenvalue weighted by Crippen LogP contribution is -2.24. The summed E-state index contributed by atoms with van der Waals surface area (Å²) >= 11 is 0. The molecule has 30 heavy (non-hydrogen) atoms. The zero-order valence-electron chi connectivity index (χ0n) is 17.3. The van der Waals surface area contributed by atoms with Gasteiger partial charge in [0.1, 0.15) is 11.3 Å². The number of aromatic nitrogens is 3. The van der Waals surface area contributed by atoms with E-state index in [9.17, 15) is 9.90 Å². The maximum atomic E-state index is 13.0. The van der Waals surface area contributed by atoms with Crippen molar-refractivity contribution in [2.75, 3.05) is 7.11 Å². The van der Waals surface area contributed by atoms with Crippen LogP contribution in [0.1, 0.15) is 37.0 Å². The summed E-state index contributed by atoms with van der Waals surface area (Å²) in [4.78, 5) is 13.0. The number of hydrogen-bond acceptors (Lipinski definition) is 4. The largest absolute Gasteiger partial charge is 0.497 e. The van der Waals surface area contributed by atoms with Gasteiger partial charge in [0, 0.05) is 18.0 Å². The fourth-order valence-corrected chi connectivity index (χ4v) is 3.47. The van der Waals surface area contributed by atoms with Crippen molar-refractivity contribution in [3.05, 3.63) is 88.5 Å². The molecule has 0 saturated heterocycles. The molecular formula is C24H25N3O3. The van der Waals surface area contributed by atoms with Crippen molar-refractivity contribution in [2.45, 2.75) is 32.4 Å². The molecule has 0 spiro atoms. The topological polar surface area (TPSA) is 68.8 Å². The Labute approximate surface area is 175 Å². The Morgan fingerprint density at radius 3 is 2.30 bits per heavy atom. The van der Waals surface area contributed by atoms with Gasteiger partial charge >= 0.3 is 0 Å². The molecule has 0 saturated carbocycles. The second-order valence-electron chi connectivity index (χ2n) is 7.68. The van der Waals surface area contributed by atoms with Gasteiger partial charge in [-0.05, 0) is 35.2 Å². The minimum atomic E-state index is -0.804. The number of benzene rings is 2. The molecule has 4 aromatic rings. The van der Waals surface area contributed by atoms with Crippen molar-refractivity contribution in [1.82, 2.24) is 14.2 Å². The van der Waals surface area contributed by atoms with E-state index in [2.05, 4.69) is 31.1 Å². The maximum Gasteiger partial charge on any atom is 0.276 e. The van der Waals surface area contributed by atoms with E-state index in [4.69, 9.17) is 4.74 Å². The predicted octanol–water partition coefficient (Wildman–Crippen LogP) is 4.03. The standard InChI is InChI=1S/C24H25N3O3/c1-16(2)17-4-6-18(7-5-17)21-14-22-24(29)26(12-13-27(22)25-21)15-23(28)19-8-10-20(30-3)11-9-19/h4-14,16,23,28H,15H2,1-3H3/t23-/m1/s1. The summed E-state index contributed by atoms with van der Waals surface area (Å²) in [5.41, 5.74) is 3.98. The SMILES string of the molecule is COc1ccc([C@H](O)Cn2ccn3nc(-c4ccc(C(C)C)cc4)cc3c2=O)cc1. The van der Waals surface area contributed by atoms with Crippen LogP contribution in [0.2, 0.25) is 0 Å². The molecule has 0 bridgehead atoms. The van der Waals surface area contributed by atoms with E-state index in [0.29, 0.717) is 11.4 Å². The van der Waals surface area contributed by atoms with E-state index < -0.39 is 6.10 Å². The third kappa shape index (κ3) is 3.86. The summed E-state index contributed by atoms with van der Waals surface area (Å²) in [7, 11) is 1.60. The zero-order chi connectivity index (χ0) is 21.3. The summed E-state index contributed by atoms with van der Waals surface area (Å²) < 4.78 is 8.24. The fourth-order valence-electron chi connectivity index (χ4n) is 3.47. The monoisotopic (exact) mass is 403 g/mol. The minimum Gasteiger partial charge on any atom is -0.497 e. The van der Waals surface area contributed by atoms with Crippen molar-refractivity contribution in [3.8, 4) is 17.0 Å². The van der Waals surface area contributed by atoms with Gasteiger partial charge in [-0.1, -0.05) is 50.2 Å². The smallest absolute Gasteiger partial charge is 0.276 e. The van der Waals surface area contributed by atoms with Crippen molar-refractivity contribution >= 4 is 5.52 Å². The van der Waals surface area contributed by atoms with Crippen LogP contribution in [0.15, 0.2) is 71.8 Å². The molecule has 0 unspecified atom stereocenters. The van der Waals surface area contributed by atoms with Gasteiger partial charge < -0.3 is 14.4 Å². The number of hydrogen-bond donors (Lipinski definition) is 1. The first-order valence-corrected chi connectivity index (χ1v) is 9.97. The Kier molecular flexibility index (Phi) is 5.42. The van der Waals surface area contributed by atoms with Crippen molar-refractivity contribution in [3.63, 3.8) is 0 Å². The molecule has 4 rings (SSSR count). The van der Waals surface area contributed by atoms with Crippen LogP contribution in [0.5, 0.6) is 5.75 Å². The van der Waals surface area contributed by atoms with Gasteiger partial charge in [-0.15, -0.1) is 0 Å². The maximum absolute atomic E-state index is 13.0. The number of nitrogens with zero attached hydrogens (tertiary/aromatic N) is 3. The van der Waals surface area contributed by atoms with Gasteiger partial charge in [0.05, 0.1) is 25.5 Å². The molecule has 1 N–H and O–H groups in total. The van der Waals surface area contributed by atoms with E-state index in [0.717, 1.165) is 22.6 Å². The van der Waals surface area contributed by atoms with E-state index in [1.54, 1.807) is 54.4 Å². The lowest BCUT2D eigenvalue weighted by molar-refractivity contribution is 0.155. The van der Waals surface area contributed by atoms with Gasteiger partial charge in [0.2, 0.25) is 0 Å². The van der Waals surface area contributed by atoms with E-state index in [-0.39, 0.29) is 12.1 Å². The van der Waals surface area contributed by atoms with Crippen LogP contribution >= 0.6 is 0 Å². The molecule has 0 aliphatic rings. The molecule has 6 heteroatoms. The second-order valence-corrected chi connectivity index (χ2v) is 7.68. The van der Waals surface area contributed by atoms with Gasteiger partial charge in [0.15, 0.2) is 0 Å². The molecule has 2 aromatic carbocycles. The molecule has 6 nitrogen and oxygen atoms in total.